The Morgan fingerprint density at radius 1 is 0.504 bits per heavy atom. The minimum absolute atomic E-state index is 0.0332. The fourth-order valence-corrected chi connectivity index (χ4v) is 17.1. The minimum atomic E-state index is -2.05. The molecule has 0 aliphatic carbocycles. The van der Waals surface area contributed by atoms with E-state index in [1.165, 1.54) is 59.3 Å². The predicted molar refractivity (Wildman–Crippen MR) is 481 cm³/mol. The van der Waals surface area contributed by atoms with E-state index in [0.29, 0.717) is 51.3 Å². The van der Waals surface area contributed by atoms with Gasteiger partial charge in [-0.25, -0.2) is 8.78 Å². The van der Waals surface area contributed by atoms with Crippen molar-refractivity contribution in [2.24, 2.45) is 23.3 Å². The van der Waals surface area contributed by atoms with Crippen LogP contribution in [0.25, 0.3) is 10.9 Å². The van der Waals surface area contributed by atoms with Crippen LogP contribution >= 0.6 is 11.8 Å². The van der Waals surface area contributed by atoms with Gasteiger partial charge in [-0.05, 0) is 82.8 Å². The highest BCUT2D eigenvalue weighted by Gasteiger charge is 2.48. The van der Waals surface area contributed by atoms with Gasteiger partial charge in [0.1, 0.15) is 84.3 Å². The number of carbonyl (C=O) groups excluding carboxylic acids is 16. The van der Waals surface area contributed by atoms with Crippen LogP contribution in [0.15, 0.2) is 134 Å². The Kier molecular flexibility index (Phi) is 37.4. The summed E-state index contributed by atoms with van der Waals surface area (Å²) in [6, 6.07) is 9.07. The van der Waals surface area contributed by atoms with E-state index in [-0.39, 0.29) is 56.3 Å². The number of hydrogen-bond acceptors (Lipinski definition) is 21. The number of nitrogens with one attached hydrogen (secondary N) is 10. The van der Waals surface area contributed by atoms with E-state index in [2.05, 4.69) is 52.8 Å². The molecule has 9 rings (SSSR count). The zero-order valence-corrected chi connectivity index (χ0v) is 75.8. The summed E-state index contributed by atoms with van der Waals surface area (Å²) in [4.78, 5) is 258. The van der Waals surface area contributed by atoms with E-state index < -0.39 is 278 Å². The Labute approximate surface area is 770 Å². The van der Waals surface area contributed by atoms with Crippen molar-refractivity contribution in [1.29, 1.82) is 0 Å². The molecule has 0 radical (unpaired) electrons. The van der Waals surface area contributed by atoms with Gasteiger partial charge in [-0.15, -0.1) is 11.8 Å². The number of aromatic hydroxyl groups is 1. The summed E-state index contributed by atoms with van der Waals surface area (Å²) in [7, 11) is 3.66. The third kappa shape index (κ3) is 28.8. The molecule has 4 heterocycles. The van der Waals surface area contributed by atoms with Crippen LogP contribution in [-0.2, 0) is 114 Å². The number of para-hydroxylation sites is 1. The molecule has 15 atom stereocenters. The highest BCUT2D eigenvalue weighted by Crippen LogP contribution is 2.29. The maximum Gasteiger partial charge on any atom is 0.305 e. The number of aromatic amines is 1. The number of H-pyrrole nitrogens is 1. The number of aliphatic hydroxyl groups excluding tert-OH is 2. The van der Waals surface area contributed by atoms with Crippen LogP contribution in [0.3, 0.4) is 0 Å². The summed E-state index contributed by atoms with van der Waals surface area (Å²) < 4.78 is 29.8. The van der Waals surface area contributed by atoms with Gasteiger partial charge >= 0.3 is 5.97 Å². The van der Waals surface area contributed by atoms with Gasteiger partial charge in [0.05, 0.1) is 37.3 Å². The third-order valence-electron chi connectivity index (χ3n) is 23.4. The Morgan fingerprint density at radius 3 is 1.59 bits per heavy atom. The molecule has 18 N–H and O–H groups in total. The Morgan fingerprint density at radius 2 is 1.02 bits per heavy atom. The maximum atomic E-state index is 15.7. The standard InChI is InChI=1S/C92H117F2N17O21S/c1-9-10-25-70-91(131)111-46-58(114)40-73(111)87(127)103-66(42-78(118)119)84(124)106-79(50(4)5)92(132)108(7)71(36-51-19-13-11-14-20-51)85(125)104-68(41-75(95)115)89(129)110-45-57(113)39-72(110)86(126)102-65(38-55-43-97-62-24-18-17-23-59(55)62)83(123)101-64(34-53-26-29-56(112)30-27-53)82(122)100-63(32-49(2)3)81(121)105-69(80(120)98-44-76(96)116)47-133-48-77(117)99-67(35-54-28-31-60(93)61(94)33-54)88(128)109(8)74(90(130)107(70)6)37-52-21-15-12-16-22-52/h11-24,26-31,33,43,49-50,57-58,63-74,79,97,112-114H,9-10,25,32,34-42,44-48H2,1-8H3,(H2,95,115)(H2,96,116)(H,98,120)(H,99,117)(H,100,122)(H,101,123)(H,102,126)(H,103,127)(H,104,125)(H,105,121)(H,106,124)(H,118,119)/t57-,58-,63+,64+,65+,66+,67+,68+,69+,70+,71+,72-,73-,74+,79+/m1/s1. The zero-order valence-electron chi connectivity index (χ0n) is 75.0. The Hall–Kier alpha value is -13.4. The second-order valence-corrected chi connectivity index (χ2v) is 35.4. The topological polar surface area (TPSA) is 563 Å². The quantitative estimate of drug-likeness (QED) is 0.0386. The molecular formula is C92H117F2N17O21S. The summed E-state index contributed by atoms with van der Waals surface area (Å²) in [5.41, 5.74) is 13.4. The first-order chi connectivity index (χ1) is 63.1. The fourth-order valence-electron chi connectivity index (χ4n) is 16.3. The van der Waals surface area contributed by atoms with Crippen molar-refractivity contribution in [1.82, 2.24) is 77.3 Å². The molecule has 3 aliphatic rings. The van der Waals surface area contributed by atoms with Crippen molar-refractivity contribution < 1.29 is 111 Å². The van der Waals surface area contributed by atoms with Crippen LogP contribution in [-0.4, -0.2) is 293 Å². The molecule has 3 aliphatic heterocycles. The molecule has 16 amide bonds. The molecule has 716 valence electrons. The second kappa shape index (κ2) is 48.1. The van der Waals surface area contributed by atoms with E-state index in [4.69, 9.17) is 11.5 Å². The number of benzene rings is 5. The van der Waals surface area contributed by atoms with Crippen LogP contribution < -0.4 is 59.3 Å². The molecule has 41 heteroatoms. The lowest BCUT2D eigenvalue weighted by atomic mass is 9.98. The smallest absolute Gasteiger partial charge is 0.305 e. The lowest BCUT2D eigenvalue weighted by molar-refractivity contribution is -0.152. The lowest BCUT2D eigenvalue weighted by Gasteiger charge is -2.38. The van der Waals surface area contributed by atoms with Crippen molar-refractivity contribution in [3.63, 3.8) is 0 Å². The molecule has 6 aromatic rings. The second-order valence-electron chi connectivity index (χ2n) is 34.4. The molecule has 0 bridgehead atoms. The van der Waals surface area contributed by atoms with Crippen molar-refractivity contribution in [2.45, 2.75) is 209 Å². The SMILES string of the molecule is CCCC[C@H]1C(=O)N2C[C@H](O)C[C@@H]2C(=O)N[C@@H](CC(=O)O)C(=O)N[C@@H](C(C)C)C(=O)N(C)[C@@H](Cc2ccccc2)C(=O)N[C@@H](CC(N)=O)C(=O)N2C[C@H](O)C[C@@H]2C(=O)N[C@@H](Cc2c[nH]c3ccccc23)C(=O)N[C@@H](Cc2ccc(O)cc2)C(=O)N[C@@H](CC(C)C)C(=O)N[C@H](C(=O)NCC(N)=O)CSCC(=O)N[C@@H](Cc2ccc(F)c(F)c2)C(=O)N(C)[C@@H](Cc2ccccc2)C(=O)N1C. The van der Waals surface area contributed by atoms with Crippen LogP contribution in [0.5, 0.6) is 5.75 Å². The van der Waals surface area contributed by atoms with Gasteiger partial charge in [0.25, 0.3) is 0 Å². The summed E-state index contributed by atoms with van der Waals surface area (Å²) in [5, 5.41) is 67.3. The largest absolute Gasteiger partial charge is 0.508 e. The molecule has 38 nitrogen and oxygen atoms in total. The molecule has 0 spiro atoms. The van der Waals surface area contributed by atoms with E-state index in [0.717, 1.165) is 42.7 Å². The number of hydrogen-bond donors (Lipinski definition) is 16. The molecule has 3 saturated heterocycles. The summed E-state index contributed by atoms with van der Waals surface area (Å²) in [6.07, 6.45) is -6.04. The summed E-state index contributed by atoms with van der Waals surface area (Å²) >= 11 is 0.699. The summed E-state index contributed by atoms with van der Waals surface area (Å²) in [5.74, 6) is -23.9. The molecule has 0 unspecified atom stereocenters. The van der Waals surface area contributed by atoms with Gasteiger partial charge in [-0.2, -0.15) is 0 Å². The molecule has 1 aromatic heterocycles. The normalized spacial score (nSPS) is 24.7. The zero-order chi connectivity index (χ0) is 97.4. The number of phenols is 1. The number of thioether (sulfide) groups is 1. The van der Waals surface area contributed by atoms with E-state index in [1.807, 2.05) is 0 Å². The monoisotopic (exact) mass is 1870 g/mol. The third-order valence-corrected chi connectivity index (χ3v) is 24.4. The van der Waals surface area contributed by atoms with Crippen LogP contribution in [0, 0.1) is 23.5 Å². The number of aliphatic hydroxyl groups is 2. The number of phenolic OH excluding ortho intramolecular Hbond substituents is 1. The molecule has 3 fully saturated rings. The van der Waals surface area contributed by atoms with Crippen LogP contribution in [0.1, 0.15) is 114 Å². The first-order valence-electron chi connectivity index (χ1n) is 43.8. The number of nitrogens with zero attached hydrogens (tertiary/aromatic N) is 5. The van der Waals surface area contributed by atoms with Gasteiger partial charge in [0, 0.05) is 102 Å². The number of nitrogens with two attached hydrogens (primary N) is 2. The van der Waals surface area contributed by atoms with Crippen molar-refractivity contribution in [3.8, 4) is 5.75 Å². The summed E-state index contributed by atoms with van der Waals surface area (Å²) in [6.45, 7) is 6.21. The first kappa shape index (κ1) is 103. The number of carbonyl (C=O) groups is 17. The van der Waals surface area contributed by atoms with Gasteiger partial charge in [0.15, 0.2) is 11.6 Å². The average Bonchev–Trinajstić information content (AvgIpc) is 1.76. The number of aliphatic carboxylic acids is 1. The van der Waals surface area contributed by atoms with E-state index >= 15 is 47.5 Å². The highest BCUT2D eigenvalue weighted by atomic mass is 32.2. The van der Waals surface area contributed by atoms with Crippen LogP contribution in [0.4, 0.5) is 8.78 Å². The van der Waals surface area contributed by atoms with Crippen molar-refractivity contribution in [2.75, 3.05) is 52.3 Å². The van der Waals surface area contributed by atoms with Crippen molar-refractivity contribution >= 4 is 123 Å². The number of primary amides is 2. The van der Waals surface area contributed by atoms with Gasteiger partial charge < -0.3 is 109 Å². The highest BCUT2D eigenvalue weighted by molar-refractivity contribution is 8.00. The number of aromatic nitrogens is 1. The Balaban J connectivity index is 1.14. The van der Waals surface area contributed by atoms with Gasteiger partial charge in [-0.1, -0.05) is 145 Å². The number of carboxylic acids is 1. The van der Waals surface area contributed by atoms with E-state index in [1.54, 1.807) is 112 Å². The minimum Gasteiger partial charge on any atom is -0.508 e. The average molecular weight is 1870 g/mol. The van der Waals surface area contributed by atoms with Crippen molar-refractivity contribution in [3.05, 3.63) is 173 Å². The maximum absolute atomic E-state index is 15.7. The number of halogens is 2. The van der Waals surface area contributed by atoms with E-state index in [9.17, 15) is 63.2 Å². The van der Waals surface area contributed by atoms with Gasteiger partial charge in [0.2, 0.25) is 94.5 Å². The number of unbranched alkanes of at least 4 members (excludes halogenated alkanes) is 1. The number of carboxylic acid groups (broad SMARTS) is 1. The molecule has 5 aromatic carbocycles. The molecule has 133 heavy (non-hydrogen) atoms. The Bertz CT molecular complexity index is 5210. The molecule has 0 saturated carbocycles. The van der Waals surface area contributed by atoms with Crippen LogP contribution in [0.2, 0.25) is 0 Å². The number of amides is 16. The lowest BCUT2D eigenvalue weighted by Crippen LogP contribution is -2.62. The molecular weight excluding hydrogens is 1750 g/mol. The van der Waals surface area contributed by atoms with Gasteiger partial charge in [-0.3, -0.25) is 81.5 Å². The number of likely N-dealkylation sites (N-methyl/N-ethyl adjacent to an activating group) is 3. The number of rotatable bonds is 23. The predicted octanol–water partition coefficient (Wildman–Crippen LogP) is -0.461. The fraction of sp³-hybridized carbons (Fsp3) is 0.467. The first-order valence-corrected chi connectivity index (χ1v) is 44.9. The number of fused-ring (bicyclic) bond motifs is 3.